The van der Waals surface area contributed by atoms with Gasteiger partial charge < -0.3 is 24.6 Å². The number of aliphatic hydroxyl groups is 1. The van der Waals surface area contributed by atoms with Crippen LogP contribution in [0.3, 0.4) is 0 Å². The van der Waals surface area contributed by atoms with Gasteiger partial charge in [-0.25, -0.2) is 4.79 Å². The summed E-state index contributed by atoms with van der Waals surface area (Å²) in [5.74, 6) is 1.26. The van der Waals surface area contributed by atoms with E-state index in [1.165, 1.54) is 11.1 Å². The Kier molecular flexibility index (Phi) is 5.22. The van der Waals surface area contributed by atoms with Crippen molar-refractivity contribution < 1.29 is 24.1 Å². The molecule has 0 saturated carbocycles. The van der Waals surface area contributed by atoms with Crippen molar-refractivity contribution >= 4 is 6.09 Å². The monoisotopic (exact) mass is 417 g/mol. The maximum atomic E-state index is 12.3. The predicted molar refractivity (Wildman–Crippen MR) is 115 cm³/mol. The van der Waals surface area contributed by atoms with Crippen LogP contribution >= 0.6 is 0 Å². The molecule has 1 aliphatic heterocycles. The first-order valence-electron chi connectivity index (χ1n) is 10.4. The van der Waals surface area contributed by atoms with E-state index in [4.69, 9.17) is 14.2 Å². The number of nitrogens with one attached hydrogen (secondary N) is 1. The number of rotatable bonds is 5. The molecule has 2 aliphatic rings. The number of carbonyl (C=O) groups excluding carboxylic acids is 1. The molecule has 3 aromatic rings. The van der Waals surface area contributed by atoms with Crippen LogP contribution < -0.4 is 14.8 Å². The Labute approximate surface area is 180 Å². The number of aliphatic hydroxyl groups excluding tert-OH is 1. The van der Waals surface area contributed by atoms with Gasteiger partial charge in [-0.3, -0.25) is 0 Å². The van der Waals surface area contributed by atoms with Gasteiger partial charge in [0.15, 0.2) is 11.5 Å². The fourth-order valence-corrected chi connectivity index (χ4v) is 4.21. The van der Waals surface area contributed by atoms with Gasteiger partial charge in [0.2, 0.25) is 0 Å². The molecule has 158 valence electrons. The lowest BCUT2D eigenvalue weighted by Gasteiger charge is -2.20. The molecule has 6 nitrogen and oxygen atoms in total. The molecule has 0 fully saturated rings. The van der Waals surface area contributed by atoms with E-state index in [1.54, 1.807) is 18.2 Å². The number of hydrogen-bond donors (Lipinski definition) is 2. The maximum Gasteiger partial charge on any atom is 0.407 e. The van der Waals surface area contributed by atoms with E-state index < -0.39 is 12.2 Å². The lowest BCUT2D eigenvalue weighted by molar-refractivity contribution is 0.128. The molecular weight excluding hydrogens is 394 g/mol. The van der Waals surface area contributed by atoms with E-state index in [2.05, 4.69) is 29.6 Å². The van der Waals surface area contributed by atoms with Crippen LogP contribution in [0.1, 0.15) is 28.7 Å². The molecular formula is C25H23NO5. The first-order chi connectivity index (χ1) is 15.2. The van der Waals surface area contributed by atoms with Crippen molar-refractivity contribution in [3.63, 3.8) is 0 Å². The molecule has 1 atom stereocenters. The summed E-state index contributed by atoms with van der Waals surface area (Å²) in [6.45, 7) is 1.26. The van der Waals surface area contributed by atoms with Crippen LogP contribution in [0.4, 0.5) is 4.79 Å². The summed E-state index contributed by atoms with van der Waals surface area (Å²) in [5.41, 5.74) is 5.33. The Morgan fingerprint density at radius 3 is 2.32 bits per heavy atom. The van der Waals surface area contributed by atoms with E-state index in [9.17, 15) is 9.90 Å². The second kappa shape index (κ2) is 8.32. The highest BCUT2D eigenvalue weighted by atomic mass is 16.6. The van der Waals surface area contributed by atoms with E-state index >= 15 is 0 Å². The highest BCUT2D eigenvalue weighted by molar-refractivity contribution is 5.79. The van der Waals surface area contributed by atoms with E-state index in [-0.39, 0.29) is 19.1 Å². The highest BCUT2D eigenvalue weighted by Gasteiger charge is 2.29. The zero-order valence-electron chi connectivity index (χ0n) is 16.9. The molecule has 5 rings (SSSR count). The van der Waals surface area contributed by atoms with Crippen molar-refractivity contribution in [1.29, 1.82) is 0 Å². The number of amides is 1. The van der Waals surface area contributed by atoms with Gasteiger partial charge in [0.25, 0.3) is 0 Å². The van der Waals surface area contributed by atoms with Crippen molar-refractivity contribution in [3.05, 3.63) is 83.4 Å². The van der Waals surface area contributed by atoms with Crippen LogP contribution in [-0.2, 0) is 4.74 Å². The molecule has 0 aromatic heterocycles. The SMILES string of the molecule is O=C(NC[C@H](O)c1ccc2c(c1)OCCO2)OCC1c2ccccc2-c2ccccc21. The fourth-order valence-electron chi connectivity index (χ4n) is 4.21. The quantitative estimate of drug-likeness (QED) is 0.656. The first-order valence-corrected chi connectivity index (χ1v) is 10.4. The number of hydrogen-bond acceptors (Lipinski definition) is 5. The zero-order valence-corrected chi connectivity index (χ0v) is 16.9. The first kappa shape index (κ1) is 19.5. The number of alkyl carbamates (subject to hydrolysis) is 1. The minimum atomic E-state index is -0.878. The third kappa shape index (κ3) is 3.82. The Balaban J connectivity index is 1.19. The van der Waals surface area contributed by atoms with Crippen molar-refractivity contribution in [2.45, 2.75) is 12.0 Å². The lowest BCUT2D eigenvalue weighted by Crippen LogP contribution is -2.30. The summed E-state index contributed by atoms with van der Waals surface area (Å²) in [7, 11) is 0. The summed E-state index contributed by atoms with van der Waals surface area (Å²) < 4.78 is 16.5. The van der Waals surface area contributed by atoms with Gasteiger partial charge in [0.05, 0.1) is 12.6 Å². The summed E-state index contributed by atoms with van der Waals surface area (Å²) >= 11 is 0. The average Bonchev–Trinajstić information content (AvgIpc) is 3.14. The Hall–Kier alpha value is -3.51. The number of benzene rings is 3. The second-order valence-corrected chi connectivity index (χ2v) is 7.63. The van der Waals surface area contributed by atoms with Gasteiger partial charge in [0.1, 0.15) is 19.8 Å². The smallest absolute Gasteiger partial charge is 0.407 e. The van der Waals surface area contributed by atoms with E-state index in [1.807, 2.05) is 24.3 Å². The van der Waals surface area contributed by atoms with Crippen LogP contribution in [0.15, 0.2) is 66.7 Å². The molecule has 6 heteroatoms. The average molecular weight is 417 g/mol. The van der Waals surface area contributed by atoms with E-state index in [0.29, 0.717) is 30.3 Å². The minimum absolute atomic E-state index is 0.000804. The number of ether oxygens (including phenoxy) is 3. The molecule has 0 unspecified atom stereocenters. The topological polar surface area (TPSA) is 77.0 Å². The largest absolute Gasteiger partial charge is 0.486 e. The molecule has 0 saturated heterocycles. The molecule has 0 radical (unpaired) electrons. The van der Waals surface area contributed by atoms with Crippen LogP contribution in [0.2, 0.25) is 0 Å². The Bertz CT molecular complexity index is 1070. The molecule has 31 heavy (non-hydrogen) atoms. The van der Waals surface area contributed by atoms with Crippen molar-refractivity contribution in [3.8, 4) is 22.6 Å². The van der Waals surface area contributed by atoms with Crippen LogP contribution in [0.25, 0.3) is 11.1 Å². The Morgan fingerprint density at radius 1 is 0.968 bits per heavy atom. The number of fused-ring (bicyclic) bond motifs is 4. The summed E-state index contributed by atoms with van der Waals surface area (Å²) in [4.78, 5) is 12.3. The molecule has 1 amide bonds. The third-order valence-electron chi connectivity index (χ3n) is 5.73. The van der Waals surface area contributed by atoms with Gasteiger partial charge >= 0.3 is 6.09 Å². The van der Waals surface area contributed by atoms with Gasteiger partial charge in [-0.1, -0.05) is 54.6 Å². The molecule has 0 bridgehead atoms. The van der Waals surface area contributed by atoms with Crippen molar-refractivity contribution in [2.24, 2.45) is 0 Å². The maximum absolute atomic E-state index is 12.3. The van der Waals surface area contributed by atoms with Gasteiger partial charge in [-0.15, -0.1) is 0 Å². The molecule has 0 spiro atoms. The van der Waals surface area contributed by atoms with Crippen LogP contribution in [0, 0.1) is 0 Å². The predicted octanol–water partition coefficient (Wildman–Crippen LogP) is 4.03. The van der Waals surface area contributed by atoms with Crippen molar-refractivity contribution in [2.75, 3.05) is 26.4 Å². The normalized spacial score (nSPS) is 15.0. The third-order valence-corrected chi connectivity index (χ3v) is 5.73. The van der Waals surface area contributed by atoms with Gasteiger partial charge in [0, 0.05) is 5.92 Å². The van der Waals surface area contributed by atoms with Crippen molar-refractivity contribution in [1.82, 2.24) is 5.32 Å². The zero-order chi connectivity index (χ0) is 21.2. The molecule has 3 aromatic carbocycles. The number of carbonyl (C=O) groups is 1. The standard InChI is InChI=1S/C25H23NO5/c27-22(16-9-10-23-24(13-16)30-12-11-29-23)14-26-25(28)31-15-21-19-7-3-1-5-17(19)18-6-2-4-8-20(18)21/h1-10,13,21-22,27H,11-12,14-15H2,(H,26,28)/t22-/m0/s1. The molecule has 1 heterocycles. The van der Waals surface area contributed by atoms with Crippen LogP contribution in [0.5, 0.6) is 11.5 Å². The van der Waals surface area contributed by atoms with Gasteiger partial charge in [-0.2, -0.15) is 0 Å². The fraction of sp³-hybridized carbons (Fsp3) is 0.240. The lowest BCUT2D eigenvalue weighted by atomic mass is 9.98. The summed E-state index contributed by atoms with van der Waals surface area (Å²) in [6, 6.07) is 21.6. The van der Waals surface area contributed by atoms with E-state index in [0.717, 1.165) is 11.1 Å². The molecule has 1 aliphatic carbocycles. The Morgan fingerprint density at radius 2 is 1.61 bits per heavy atom. The summed E-state index contributed by atoms with van der Waals surface area (Å²) in [6.07, 6.45) is -1.44. The minimum Gasteiger partial charge on any atom is -0.486 e. The van der Waals surface area contributed by atoms with Gasteiger partial charge in [-0.05, 0) is 39.9 Å². The summed E-state index contributed by atoms with van der Waals surface area (Å²) in [5, 5.41) is 13.1. The molecule has 2 N–H and O–H groups in total. The van der Waals surface area contributed by atoms with Crippen LogP contribution in [-0.4, -0.2) is 37.6 Å². The second-order valence-electron chi connectivity index (χ2n) is 7.63. The highest BCUT2D eigenvalue weighted by Crippen LogP contribution is 2.44.